The molecule has 2 heterocycles. The smallest absolute Gasteiger partial charge is 0.213 e. The molecule has 0 aromatic carbocycles. The Bertz CT molecular complexity index is 321. The van der Waals surface area contributed by atoms with Gasteiger partial charge in [0.1, 0.15) is 0 Å². The first kappa shape index (κ1) is 9.46. The molecule has 14 heavy (non-hydrogen) atoms. The molecule has 1 aromatic rings. The fraction of sp³-hybridized carbons (Fsp3) is 0.545. The third-order valence-corrected chi connectivity index (χ3v) is 2.33. The van der Waals surface area contributed by atoms with Gasteiger partial charge in [0, 0.05) is 17.2 Å². The molecule has 0 aliphatic carbocycles. The number of aromatic nitrogens is 1. The minimum atomic E-state index is 0.186. The van der Waals surface area contributed by atoms with Crippen molar-refractivity contribution in [2.45, 2.75) is 13.8 Å². The predicted molar refractivity (Wildman–Crippen MR) is 53.4 cm³/mol. The molecule has 76 valence electrons. The van der Waals surface area contributed by atoms with Crippen LogP contribution >= 0.6 is 0 Å². The van der Waals surface area contributed by atoms with Gasteiger partial charge in [-0.1, -0.05) is 13.0 Å². The topological polar surface area (TPSA) is 31.4 Å². The van der Waals surface area contributed by atoms with E-state index in [4.69, 9.17) is 9.47 Å². The number of hydrogen-bond donors (Lipinski definition) is 0. The van der Waals surface area contributed by atoms with Crippen LogP contribution in [-0.4, -0.2) is 24.8 Å². The summed E-state index contributed by atoms with van der Waals surface area (Å²) in [6, 6.07) is 5.80. The molecule has 0 radical (unpaired) electrons. The summed E-state index contributed by atoms with van der Waals surface area (Å²) >= 11 is 0. The molecule has 0 bridgehead atoms. The van der Waals surface area contributed by atoms with Crippen LogP contribution in [0, 0.1) is 12.3 Å². The van der Waals surface area contributed by atoms with E-state index in [2.05, 4.69) is 11.9 Å². The minimum Gasteiger partial charge on any atom is -0.477 e. The first-order valence-electron chi connectivity index (χ1n) is 4.82. The summed E-state index contributed by atoms with van der Waals surface area (Å²) in [6.45, 7) is 6.38. The lowest BCUT2D eigenvalue weighted by Gasteiger charge is -2.37. The molecule has 0 atom stereocenters. The van der Waals surface area contributed by atoms with E-state index in [1.165, 1.54) is 0 Å². The SMILES string of the molecule is Cc1cccc(OCC2(C)COC2)n1. The van der Waals surface area contributed by atoms with E-state index in [0.29, 0.717) is 12.5 Å². The van der Waals surface area contributed by atoms with Gasteiger partial charge >= 0.3 is 0 Å². The molecule has 3 heteroatoms. The summed E-state index contributed by atoms with van der Waals surface area (Å²) in [5.41, 5.74) is 1.17. The van der Waals surface area contributed by atoms with Gasteiger partial charge in [0.2, 0.25) is 5.88 Å². The largest absolute Gasteiger partial charge is 0.477 e. The zero-order valence-corrected chi connectivity index (χ0v) is 8.62. The van der Waals surface area contributed by atoms with Crippen molar-refractivity contribution in [1.29, 1.82) is 0 Å². The van der Waals surface area contributed by atoms with E-state index in [9.17, 15) is 0 Å². The summed E-state index contributed by atoms with van der Waals surface area (Å²) in [5.74, 6) is 0.707. The van der Waals surface area contributed by atoms with Gasteiger partial charge in [-0.05, 0) is 13.0 Å². The zero-order valence-electron chi connectivity index (χ0n) is 8.62. The lowest BCUT2D eigenvalue weighted by Crippen LogP contribution is -2.44. The van der Waals surface area contributed by atoms with Gasteiger partial charge in [-0.3, -0.25) is 0 Å². The average molecular weight is 193 g/mol. The quantitative estimate of drug-likeness (QED) is 0.733. The Balaban J connectivity index is 1.91. The van der Waals surface area contributed by atoms with Crippen LogP contribution in [-0.2, 0) is 4.74 Å². The van der Waals surface area contributed by atoms with Crippen molar-refractivity contribution in [3.8, 4) is 5.88 Å². The standard InChI is InChI=1S/C11H15NO2/c1-9-4-3-5-10(12-9)14-8-11(2)6-13-7-11/h3-5H,6-8H2,1-2H3. The molecule has 0 unspecified atom stereocenters. The van der Waals surface area contributed by atoms with Gasteiger partial charge in [0.05, 0.1) is 19.8 Å². The Morgan fingerprint density at radius 3 is 2.86 bits per heavy atom. The van der Waals surface area contributed by atoms with E-state index in [0.717, 1.165) is 18.9 Å². The third kappa shape index (κ3) is 2.04. The minimum absolute atomic E-state index is 0.186. The van der Waals surface area contributed by atoms with E-state index in [1.807, 2.05) is 25.1 Å². The maximum Gasteiger partial charge on any atom is 0.213 e. The number of ether oxygens (including phenoxy) is 2. The van der Waals surface area contributed by atoms with Crippen LogP contribution in [0.15, 0.2) is 18.2 Å². The summed E-state index contributed by atoms with van der Waals surface area (Å²) in [6.07, 6.45) is 0. The van der Waals surface area contributed by atoms with Gasteiger partial charge < -0.3 is 9.47 Å². The lowest BCUT2D eigenvalue weighted by molar-refractivity contribution is -0.120. The van der Waals surface area contributed by atoms with Gasteiger partial charge in [0.25, 0.3) is 0 Å². The van der Waals surface area contributed by atoms with E-state index in [1.54, 1.807) is 0 Å². The second kappa shape index (κ2) is 3.58. The van der Waals surface area contributed by atoms with Crippen molar-refractivity contribution in [2.75, 3.05) is 19.8 Å². The molecule has 1 aliphatic heterocycles. The molecule has 0 saturated carbocycles. The van der Waals surface area contributed by atoms with Crippen molar-refractivity contribution in [1.82, 2.24) is 4.98 Å². The first-order chi connectivity index (χ1) is 6.68. The predicted octanol–water partition coefficient (Wildman–Crippen LogP) is 1.81. The second-order valence-electron chi connectivity index (χ2n) is 4.21. The van der Waals surface area contributed by atoms with Gasteiger partial charge in [-0.15, -0.1) is 0 Å². The van der Waals surface area contributed by atoms with E-state index in [-0.39, 0.29) is 5.41 Å². The van der Waals surface area contributed by atoms with Crippen LogP contribution in [0.5, 0.6) is 5.88 Å². The van der Waals surface area contributed by atoms with Crippen LogP contribution in [0.3, 0.4) is 0 Å². The fourth-order valence-corrected chi connectivity index (χ4v) is 1.38. The van der Waals surface area contributed by atoms with Crippen molar-refractivity contribution in [2.24, 2.45) is 5.41 Å². The van der Waals surface area contributed by atoms with Gasteiger partial charge in [-0.2, -0.15) is 0 Å². The molecule has 0 spiro atoms. The fourth-order valence-electron chi connectivity index (χ4n) is 1.38. The van der Waals surface area contributed by atoms with Crippen LogP contribution < -0.4 is 4.74 Å². The van der Waals surface area contributed by atoms with Crippen molar-refractivity contribution in [3.63, 3.8) is 0 Å². The van der Waals surface area contributed by atoms with Crippen LogP contribution in [0.2, 0.25) is 0 Å². The Morgan fingerprint density at radius 1 is 1.50 bits per heavy atom. The monoisotopic (exact) mass is 193 g/mol. The molecular formula is C11H15NO2. The van der Waals surface area contributed by atoms with E-state index < -0.39 is 0 Å². The number of rotatable bonds is 3. The average Bonchev–Trinajstić information content (AvgIpc) is 2.12. The van der Waals surface area contributed by atoms with Crippen molar-refractivity contribution in [3.05, 3.63) is 23.9 Å². The highest BCUT2D eigenvalue weighted by atomic mass is 16.5. The molecular weight excluding hydrogens is 178 g/mol. The van der Waals surface area contributed by atoms with E-state index >= 15 is 0 Å². The normalized spacial score (nSPS) is 18.7. The molecule has 0 amide bonds. The number of nitrogens with zero attached hydrogens (tertiary/aromatic N) is 1. The van der Waals surface area contributed by atoms with Crippen molar-refractivity contribution < 1.29 is 9.47 Å². The molecule has 1 aliphatic rings. The zero-order chi connectivity index (χ0) is 10.0. The summed E-state index contributed by atoms with van der Waals surface area (Å²) in [5, 5.41) is 0. The van der Waals surface area contributed by atoms with Gasteiger partial charge in [-0.25, -0.2) is 4.98 Å². The summed E-state index contributed by atoms with van der Waals surface area (Å²) in [4.78, 5) is 4.27. The van der Waals surface area contributed by atoms with Crippen LogP contribution in [0.1, 0.15) is 12.6 Å². The highest BCUT2D eigenvalue weighted by Gasteiger charge is 2.34. The Hall–Kier alpha value is -1.09. The first-order valence-corrected chi connectivity index (χ1v) is 4.82. The molecule has 1 saturated heterocycles. The number of pyridine rings is 1. The highest BCUT2D eigenvalue weighted by Crippen LogP contribution is 2.27. The Morgan fingerprint density at radius 2 is 2.29 bits per heavy atom. The number of hydrogen-bond acceptors (Lipinski definition) is 3. The summed E-state index contributed by atoms with van der Waals surface area (Å²) in [7, 11) is 0. The maximum atomic E-state index is 5.60. The Kier molecular flexibility index (Phi) is 2.42. The number of aryl methyl sites for hydroxylation is 1. The lowest BCUT2D eigenvalue weighted by atomic mass is 9.90. The van der Waals surface area contributed by atoms with Gasteiger partial charge in [0.15, 0.2) is 0 Å². The molecule has 0 N–H and O–H groups in total. The second-order valence-corrected chi connectivity index (χ2v) is 4.21. The highest BCUT2D eigenvalue weighted by molar-refractivity contribution is 5.14. The third-order valence-electron chi connectivity index (χ3n) is 2.33. The Labute approximate surface area is 84.1 Å². The van der Waals surface area contributed by atoms with Crippen LogP contribution in [0.4, 0.5) is 0 Å². The molecule has 1 aromatic heterocycles. The van der Waals surface area contributed by atoms with Crippen molar-refractivity contribution >= 4 is 0 Å². The molecule has 3 nitrogen and oxygen atoms in total. The molecule has 1 fully saturated rings. The summed E-state index contributed by atoms with van der Waals surface area (Å²) < 4.78 is 10.8. The maximum absolute atomic E-state index is 5.60. The van der Waals surface area contributed by atoms with Crippen LogP contribution in [0.25, 0.3) is 0 Å². The molecule has 2 rings (SSSR count).